The van der Waals surface area contributed by atoms with Gasteiger partial charge in [-0.1, -0.05) is 50.1 Å². The van der Waals surface area contributed by atoms with Gasteiger partial charge in [-0.05, 0) is 36.6 Å². The van der Waals surface area contributed by atoms with E-state index in [9.17, 15) is 9.90 Å². The smallest absolute Gasteiger partial charge is 0.265 e. The second-order valence-electron chi connectivity index (χ2n) is 6.99. The molecule has 0 saturated carbocycles. The molecule has 1 amide bonds. The van der Waals surface area contributed by atoms with Crippen molar-refractivity contribution in [3.05, 3.63) is 54.1 Å². The van der Waals surface area contributed by atoms with Crippen LogP contribution < -0.4 is 4.74 Å². The van der Waals surface area contributed by atoms with Gasteiger partial charge in [0.1, 0.15) is 5.75 Å². The van der Waals surface area contributed by atoms with Crippen molar-refractivity contribution in [3.63, 3.8) is 0 Å². The highest BCUT2D eigenvalue weighted by Gasteiger charge is 2.17. The van der Waals surface area contributed by atoms with Gasteiger partial charge in [0, 0.05) is 18.4 Å². The molecule has 1 heterocycles. The van der Waals surface area contributed by atoms with Crippen molar-refractivity contribution in [2.75, 3.05) is 7.11 Å². The molecule has 1 aromatic heterocycles. The number of carbonyl (C=O) groups is 1. The first-order valence-electron chi connectivity index (χ1n) is 10.0. The highest BCUT2D eigenvalue weighted by atomic mass is 16.5. The van der Waals surface area contributed by atoms with Crippen LogP contribution in [0, 0.1) is 0 Å². The van der Waals surface area contributed by atoms with E-state index in [1.165, 1.54) is 0 Å². The highest BCUT2D eigenvalue weighted by Crippen LogP contribution is 2.40. The Balaban J connectivity index is 1.83. The summed E-state index contributed by atoms with van der Waals surface area (Å²) in [6.45, 7) is 2.82. The van der Waals surface area contributed by atoms with Gasteiger partial charge < -0.3 is 14.4 Å². The summed E-state index contributed by atoms with van der Waals surface area (Å²) in [5.41, 5.74) is 2.24. The number of carbonyl (C=O) groups excluding carboxylic acids is 1. The molecule has 3 aromatic rings. The Morgan fingerprint density at radius 2 is 1.93 bits per heavy atom. The minimum Gasteiger partial charge on any atom is -0.497 e. The van der Waals surface area contributed by atoms with Crippen LogP contribution in [0.25, 0.3) is 10.9 Å². The number of aromatic nitrogens is 1. The van der Waals surface area contributed by atoms with Crippen LogP contribution in [0.1, 0.15) is 38.2 Å². The lowest BCUT2D eigenvalue weighted by Gasteiger charge is -2.06. The van der Waals surface area contributed by atoms with Crippen LogP contribution in [0.3, 0.4) is 0 Å². The van der Waals surface area contributed by atoms with Crippen molar-refractivity contribution in [1.29, 1.82) is 0 Å². The Hall–Kier alpha value is -3.15. The van der Waals surface area contributed by atoms with Crippen LogP contribution >= 0.6 is 0 Å². The molecule has 152 valence electrons. The maximum absolute atomic E-state index is 12.2. The molecule has 3 rings (SSSR count). The predicted octanol–water partition coefficient (Wildman–Crippen LogP) is 5.79. The van der Waals surface area contributed by atoms with Crippen molar-refractivity contribution in [2.45, 2.75) is 45.6 Å². The fourth-order valence-electron chi connectivity index (χ4n) is 3.33. The van der Waals surface area contributed by atoms with Gasteiger partial charge >= 0.3 is 0 Å². The maximum atomic E-state index is 12.2. The number of aromatic hydroxyl groups is 1. The average Bonchev–Trinajstić information content (AvgIpc) is 3.01. The van der Waals surface area contributed by atoms with E-state index < -0.39 is 0 Å². The second-order valence-corrected chi connectivity index (χ2v) is 6.99. The SMILES string of the molecule is CCCCCn1c(O)c(N=NC(=O)CCc2ccccc2)c2cc(OC)ccc21. The van der Waals surface area contributed by atoms with Crippen molar-refractivity contribution >= 4 is 22.5 Å². The molecule has 2 aromatic carbocycles. The maximum Gasteiger partial charge on any atom is 0.265 e. The van der Waals surface area contributed by atoms with Gasteiger partial charge in [0.25, 0.3) is 5.91 Å². The number of hydrogen-bond acceptors (Lipinski definition) is 4. The molecule has 0 fully saturated rings. The van der Waals surface area contributed by atoms with Crippen LogP contribution in [0.5, 0.6) is 11.6 Å². The number of fused-ring (bicyclic) bond motifs is 1. The summed E-state index contributed by atoms with van der Waals surface area (Å²) < 4.78 is 7.13. The Bertz CT molecular complexity index is 994. The lowest BCUT2D eigenvalue weighted by atomic mass is 10.1. The first-order chi connectivity index (χ1) is 14.1. The molecule has 0 atom stereocenters. The molecule has 0 aliphatic carbocycles. The highest BCUT2D eigenvalue weighted by molar-refractivity contribution is 5.96. The summed E-state index contributed by atoms with van der Waals surface area (Å²) in [6, 6.07) is 15.4. The molecule has 6 nitrogen and oxygen atoms in total. The summed E-state index contributed by atoms with van der Waals surface area (Å²) >= 11 is 0. The number of nitrogens with zero attached hydrogens (tertiary/aromatic N) is 3. The van der Waals surface area contributed by atoms with Gasteiger partial charge in [-0.2, -0.15) is 0 Å². The van der Waals surface area contributed by atoms with Crippen LogP contribution in [0.4, 0.5) is 5.69 Å². The first kappa shape index (κ1) is 20.6. The van der Waals surface area contributed by atoms with E-state index in [1.807, 2.05) is 53.1 Å². The number of unbranched alkanes of at least 4 members (excludes halogenated alkanes) is 2. The summed E-state index contributed by atoms with van der Waals surface area (Å²) in [5.74, 6) is 0.377. The average molecular weight is 393 g/mol. The molecular formula is C23H27N3O3. The van der Waals surface area contributed by atoms with E-state index in [0.717, 1.165) is 35.7 Å². The van der Waals surface area contributed by atoms with E-state index in [-0.39, 0.29) is 18.2 Å². The van der Waals surface area contributed by atoms with Crippen molar-refractivity contribution in [1.82, 2.24) is 4.57 Å². The fraction of sp³-hybridized carbons (Fsp3) is 0.348. The summed E-state index contributed by atoms with van der Waals surface area (Å²) in [5, 5.41) is 19.5. The predicted molar refractivity (Wildman–Crippen MR) is 114 cm³/mol. The first-order valence-corrected chi connectivity index (χ1v) is 10.0. The summed E-state index contributed by atoms with van der Waals surface area (Å²) in [4.78, 5) is 12.2. The zero-order valence-electron chi connectivity index (χ0n) is 17.0. The van der Waals surface area contributed by atoms with Crippen molar-refractivity contribution in [2.24, 2.45) is 10.2 Å². The molecule has 0 aliphatic heterocycles. The van der Waals surface area contributed by atoms with Crippen LogP contribution in [-0.2, 0) is 17.8 Å². The van der Waals surface area contributed by atoms with Gasteiger partial charge in [0.2, 0.25) is 5.88 Å². The van der Waals surface area contributed by atoms with Gasteiger partial charge in [0.05, 0.1) is 12.6 Å². The molecular weight excluding hydrogens is 366 g/mol. The topological polar surface area (TPSA) is 76.2 Å². The van der Waals surface area contributed by atoms with Crippen molar-refractivity contribution < 1.29 is 14.6 Å². The number of amides is 1. The van der Waals surface area contributed by atoms with Crippen LogP contribution in [-0.4, -0.2) is 22.7 Å². The number of ether oxygens (including phenoxy) is 1. The quantitative estimate of drug-likeness (QED) is 0.369. The molecule has 6 heteroatoms. The number of aryl methyl sites for hydroxylation is 2. The van der Waals surface area contributed by atoms with E-state index in [1.54, 1.807) is 7.11 Å². The number of benzene rings is 2. The lowest BCUT2D eigenvalue weighted by Crippen LogP contribution is -1.97. The minimum absolute atomic E-state index is 0.0314. The van der Waals surface area contributed by atoms with Crippen molar-refractivity contribution in [3.8, 4) is 11.6 Å². The Kier molecular flexibility index (Phi) is 7.00. The van der Waals surface area contributed by atoms with Gasteiger partial charge in [-0.3, -0.25) is 4.79 Å². The minimum atomic E-state index is -0.317. The van der Waals surface area contributed by atoms with Gasteiger partial charge in [0.15, 0.2) is 5.69 Å². The third-order valence-electron chi connectivity index (χ3n) is 4.93. The number of rotatable bonds is 9. The molecule has 0 bridgehead atoms. The Morgan fingerprint density at radius 1 is 1.14 bits per heavy atom. The fourth-order valence-corrected chi connectivity index (χ4v) is 3.33. The number of hydrogen-bond donors (Lipinski definition) is 1. The lowest BCUT2D eigenvalue weighted by molar-refractivity contribution is -0.118. The van der Waals surface area contributed by atoms with Gasteiger partial charge in [-0.25, -0.2) is 0 Å². The molecule has 0 spiro atoms. The third-order valence-corrected chi connectivity index (χ3v) is 4.93. The molecule has 0 aliphatic rings. The molecule has 0 unspecified atom stereocenters. The zero-order chi connectivity index (χ0) is 20.6. The normalized spacial score (nSPS) is 11.4. The van der Waals surface area contributed by atoms with Crippen LogP contribution in [0.15, 0.2) is 58.8 Å². The molecule has 29 heavy (non-hydrogen) atoms. The Labute approximate surface area is 170 Å². The largest absolute Gasteiger partial charge is 0.497 e. The summed E-state index contributed by atoms with van der Waals surface area (Å²) in [6.07, 6.45) is 4.00. The monoisotopic (exact) mass is 393 g/mol. The van der Waals surface area contributed by atoms with E-state index in [4.69, 9.17) is 4.74 Å². The molecule has 0 saturated heterocycles. The Morgan fingerprint density at radius 3 is 2.66 bits per heavy atom. The number of azo groups is 1. The second kappa shape index (κ2) is 9.87. The van der Waals surface area contributed by atoms with E-state index >= 15 is 0 Å². The summed E-state index contributed by atoms with van der Waals surface area (Å²) in [7, 11) is 1.59. The zero-order valence-corrected chi connectivity index (χ0v) is 17.0. The standard InChI is InChI=1S/C23H27N3O3/c1-3-4-8-15-26-20-13-12-18(29-2)16-19(20)22(23(26)28)25-24-21(27)14-11-17-9-6-5-7-10-17/h5-7,9-10,12-13,16,28H,3-4,8,11,14-15H2,1-2H3. The molecule has 1 N–H and O–H groups in total. The van der Waals surface area contributed by atoms with E-state index in [0.29, 0.717) is 24.4 Å². The van der Waals surface area contributed by atoms with Crippen LogP contribution in [0.2, 0.25) is 0 Å². The molecule has 0 radical (unpaired) electrons. The third kappa shape index (κ3) is 5.02. The number of methoxy groups -OCH3 is 1. The van der Waals surface area contributed by atoms with E-state index in [2.05, 4.69) is 17.2 Å². The van der Waals surface area contributed by atoms with Gasteiger partial charge in [-0.15, -0.1) is 10.2 Å².